The van der Waals surface area contributed by atoms with E-state index >= 15 is 0 Å². The highest BCUT2D eigenvalue weighted by Gasteiger charge is 2.20. The van der Waals surface area contributed by atoms with Crippen LogP contribution in [0.4, 0.5) is 0 Å². The molecule has 1 heterocycles. The Morgan fingerprint density at radius 2 is 1.95 bits per heavy atom. The van der Waals surface area contributed by atoms with Gasteiger partial charge in [0.2, 0.25) is 5.82 Å². The molecular formula is C11H7Cl3N2O3. The molecule has 0 atom stereocenters. The molecule has 100 valence electrons. The van der Waals surface area contributed by atoms with Gasteiger partial charge < -0.3 is 9.26 Å². The van der Waals surface area contributed by atoms with E-state index in [0.717, 1.165) is 0 Å². The molecule has 1 aromatic carbocycles. The quantitative estimate of drug-likeness (QED) is 0.803. The van der Waals surface area contributed by atoms with Gasteiger partial charge in [-0.05, 0) is 19.1 Å². The molecule has 0 bridgehead atoms. The molecule has 0 N–H and O–H groups in total. The van der Waals surface area contributed by atoms with Gasteiger partial charge in [0.25, 0.3) is 0 Å². The van der Waals surface area contributed by atoms with Crippen LogP contribution in [0.25, 0.3) is 11.4 Å². The van der Waals surface area contributed by atoms with Gasteiger partial charge in [-0.2, -0.15) is 4.98 Å². The minimum Gasteiger partial charge on any atom is -0.459 e. The first-order valence-corrected chi connectivity index (χ1v) is 6.32. The van der Waals surface area contributed by atoms with E-state index in [1.54, 1.807) is 6.92 Å². The molecule has 19 heavy (non-hydrogen) atoms. The Kier molecular flexibility index (Phi) is 4.29. The van der Waals surface area contributed by atoms with E-state index in [4.69, 9.17) is 44.1 Å². The zero-order valence-electron chi connectivity index (χ0n) is 9.61. The lowest BCUT2D eigenvalue weighted by atomic mass is 10.2. The maximum absolute atomic E-state index is 11.4. The van der Waals surface area contributed by atoms with Crippen molar-refractivity contribution in [2.24, 2.45) is 0 Å². The molecule has 0 saturated heterocycles. The molecule has 0 fully saturated rings. The van der Waals surface area contributed by atoms with Gasteiger partial charge in [0.1, 0.15) is 0 Å². The minimum absolute atomic E-state index is 0.0923. The number of rotatable bonds is 3. The van der Waals surface area contributed by atoms with Crippen molar-refractivity contribution in [1.29, 1.82) is 0 Å². The van der Waals surface area contributed by atoms with Gasteiger partial charge in [-0.3, -0.25) is 0 Å². The molecule has 0 radical (unpaired) electrons. The van der Waals surface area contributed by atoms with Crippen LogP contribution in [0.1, 0.15) is 17.6 Å². The first-order chi connectivity index (χ1) is 9.02. The summed E-state index contributed by atoms with van der Waals surface area (Å²) in [5, 5.41) is 4.54. The zero-order chi connectivity index (χ0) is 14.0. The van der Waals surface area contributed by atoms with Crippen molar-refractivity contribution in [3.05, 3.63) is 33.1 Å². The Morgan fingerprint density at radius 3 is 2.53 bits per heavy atom. The summed E-state index contributed by atoms with van der Waals surface area (Å²) in [6.07, 6.45) is 0. The van der Waals surface area contributed by atoms with Crippen LogP contribution in [0.3, 0.4) is 0 Å². The molecule has 0 unspecified atom stereocenters. The molecule has 0 aliphatic carbocycles. The molecule has 0 amide bonds. The number of hydrogen-bond donors (Lipinski definition) is 0. The molecule has 8 heteroatoms. The van der Waals surface area contributed by atoms with Gasteiger partial charge in [-0.1, -0.05) is 40.0 Å². The summed E-state index contributed by atoms with van der Waals surface area (Å²) >= 11 is 17.8. The summed E-state index contributed by atoms with van der Waals surface area (Å²) < 4.78 is 9.52. The lowest BCUT2D eigenvalue weighted by Gasteiger charge is -2.02. The summed E-state index contributed by atoms with van der Waals surface area (Å²) in [5.74, 6) is -0.879. The first kappa shape index (κ1) is 14.1. The van der Waals surface area contributed by atoms with E-state index < -0.39 is 5.97 Å². The highest BCUT2D eigenvalue weighted by molar-refractivity contribution is 6.41. The van der Waals surface area contributed by atoms with E-state index in [0.29, 0.717) is 10.6 Å². The Hall–Kier alpha value is -1.30. The largest absolute Gasteiger partial charge is 0.459 e. The van der Waals surface area contributed by atoms with Crippen LogP contribution in [0.15, 0.2) is 16.7 Å². The number of halogens is 3. The van der Waals surface area contributed by atoms with Gasteiger partial charge in [0.15, 0.2) is 0 Å². The number of hydrogen-bond acceptors (Lipinski definition) is 5. The molecule has 0 saturated carbocycles. The average molecular weight is 322 g/mol. The Balaban J connectivity index is 2.41. The van der Waals surface area contributed by atoms with Crippen LogP contribution in [0.2, 0.25) is 15.1 Å². The molecule has 0 aliphatic rings. The second kappa shape index (κ2) is 5.77. The molecule has 0 spiro atoms. The third kappa shape index (κ3) is 3.00. The third-order valence-electron chi connectivity index (χ3n) is 2.11. The summed E-state index contributed by atoms with van der Waals surface area (Å²) in [7, 11) is 0. The van der Waals surface area contributed by atoms with E-state index in [1.165, 1.54) is 12.1 Å². The number of aromatic nitrogens is 2. The average Bonchev–Trinajstić information content (AvgIpc) is 2.77. The lowest BCUT2D eigenvalue weighted by Crippen LogP contribution is -2.04. The van der Waals surface area contributed by atoms with Crippen molar-refractivity contribution in [2.75, 3.05) is 6.61 Å². The van der Waals surface area contributed by atoms with Crippen LogP contribution in [-0.2, 0) is 4.74 Å². The van der Waals surface area contributed by atoms with Gasteiger partial charge >= 0.3 is 11.9 Å². The van der Waals surface area contributed by atoms with Crippen molar-refractivity contribution in [3.8, 4) is 11.4 Å². The van der Waals surface area contributed by atoms with Crippen molar-refractivity contribution < 1.29 is 14.1 Å². The van der Waals surface area contributed by atoms with E-state index in [1.807, 2.05) is 0 Å². The summed E-state index contributed by atoms with van der Waals surface area (Å²) in [6, 6.07) is 2.98. The third-order valence-corrected chi connectivity index (χ3v) is 2.92. The van der Waals surface area contributed by atoms with Crippen molar-refractivity contribution in [3.63, 3.8) is 0 Å². The lowest BCUT2D eigenvalue weighted by molar-refractivity contribution is 0.0470. The smallest absolute Gasteiger partial charge is 0.397 e. The standard InChI is InChI=1S/C11H7Cl3N2O3/c1-2-18-11(17)10-15-9(16-19-10)8-6(13)3-5(12)4-7(8)14/h3-4H,2H2,1H3. The Bertz CT molecular complexity index is 604. The Morgan fingerprint density at radius 1 is 1.32 bits per heavy atom. The van der Waals surface area contributed by atoms with E-state index in [9.17, 15) is 4.79 Å². The fourth-order valence-electron chi connectivity index (χ4n) is 1.36. The normalized spacial score (nSPS) is 10.5. The maximum atomic E-state index is 11.4. The fraction of sp³-hybridized carbons (Fsp3) is 0.182. The highest BCUT2D eigenvalue weighted by atomic mass is 35.5. The number of carbonyl (C=O) groups excluding carboxylic acids is 1. The number of nitrogens with zero attached hydrogens (tertiary/aromatic N) is 2. The topological polar surface area (TPSA) is 65.2 Å². The second-order valence-electron chi connectivity index (χ2n) is 3.39. The Labute approximate surface area is 123 Å². The number of carbonyl (C=O) groups is 1. The predicted octanol–water partition coefficient (Wildman–Crippen LogP) is 3.87. The maximum Gasteiger partial charge on any atom is 0.397 e. The monoisotopic (exact) mass is 320 g/mol. The van der Waals surface area contributed by atoms with Crippen LogP contribution < -0.4 is 0 Å². The molecule has 2 aromatic rings. The van der Waals surface area contributed by atoms with Gasteiger partial charge in [-0.25, -0.2) is 4.79 Å². The van der Waals surface area contributed by atoms with Gasteiger partial charge in [0, 0.05) is 5.02 Å². The van der Waals surface area contributed by atoms with Crippen LogP contribution in [0, 0.1) is 0 Å². The SMILES string of the molecule is CCOC(=O)c1nc(-c2c(Cl)cc(Cl)cc2Cl)no1. The minimum atomic E-state index is -0.706. The molecular weight excluding hydrogens is 314 g/mol. The second-order valence-corrected chi connectivity index (χ2v) is 4.64. The van der Waals surface area contributed by atoms with E-state index in [-0.39, 0.29) is 28.4 Å². The summed E-state index contributed by atoms with van der Waals surface area (Å²) in [5.41, 5.74) is 0.340. The zero-order valence-corrected chi connectivity index (χ0v) is 11.9. The molecule has 2 rings (SSSR count). The van der Waals surface area contributed by atoms with Gasteiger partial charge in [-0.15, -0.1) is 0 Å². The fourth-order valence-corrected chi connectivity index (χ4v) is 2.34. The van der Waals surface area contributed by atoms with Crippen molar-refractivity contribution in [2.45, 2.75) is 6.92 Å². The first-order valence-electron chi connectivity index (χ1n) is 5.18. The van der Waals surface area contributed by atoms with Crippen LogP contribution in [0.5, 0.6) is 0 Å². The van der Waals surface area contributed by atoms with Crippen molar-refractivity contribution in [1.82, 2.24) is 10.1 Å². The highest BCUT2D eigenvalue weighted by Crippen LogP contribution is 2.35. The number of ether oxygens (including phenoxy) is 1. The van der Waals surface area contributed by atoms with Crippen LogP contribution in [-0.4, -0.2) is 22.7 Å². The molecule has 0 aliphatic heterocycles. The molecule has 1 aromatic heterocycles. The van der Waals surface area contributed by atoms with E-state index in [2.05, 4.69) is 10.1 Å². The van der Waals surface area contributed by atoms with Gasteiger partial charge in [0.05, 0.1) is 22.2 Å². The summed E-state index contributed by atoms with van der Waals surface area (Å²) in [4.78, 5) is 15.3. The molecule has 5 nitrogen and oxygen atoms in total. The van der Waals surface area contributed by atoms with Crippen molar-refractivity contribution >= 4 is 40.8 Å². The summed E-state index contributed by atoms with van der Waals surface area (Å²) in [6.45, 7) is 1.88. The predicted molar refractivity (Wildman–Crippen MR) is 70.7 cm³/mol. The van der Waals surface area contributed by atoms with Crippen LogP contribution >= 0.6 is 34.8 Å². The number of benzene rings is 1. The number of esters is 1.